The van der Waals surface area contributed by atoms with E-state index in [0.717, 1.165) is 0 Å². The normalized spacial score (nSPS) is 10.6. The molecule has 0 bridgehead atoms. The van der Waals surface area contributed by atoms with Crippen LogP contribution in [0.15, 0.2) is 30.5 Å². The summed E-state index contributed by atoms with van der Waals surface area (Å²) in [6, 6.07) is 6.54. The molecule has 1 N–H and O–H groups in total. The summed E-state index contributed by atoms with van der Waals surface area (Å²) in [6.07, 6.45) is 2.29. The number of nitrogens with zero attached hydrogens (tertiary/aromatic N) is 3. The maximum Gasteiger partial charge on any atom is 0.280 e. The maximum absolute atomic E-state index is 11.5. The minimum absolute atomic E-state index is 0. The fraction of sp³-hybridized carbons (Fsp3) is 0.357. The summed E-state index contributed by atoms with van der Waals surface area (Å²) in [7, 11) is 3.18. The Balaban J connectivity index is 0.00000242. The molecule has 1 aromatic heterocycles. The zero-order chi connectivity index (χ0) is 15.5. The third-order valence-corrected chi connectivity index (χ3v) is 3.13. The first-order chi connectivity index (χ1) is 9.88. The van der Waals surface area contributed by atoms with E-state index in [-0.39, 0.29) is 35.1 Å². The molecular weight excluding hydrogens is 343 g/mol. The highest BCUT2D eigenvalue weighted by Gasteiger charge is 2.15. The number of hydrogen-bond acceptors (Lipinski definition) is 5. The summed E-state index contributed by atoms with van der Waals surface area (Å²) in [6.45, 7) is 1.06. The van der Waals surface area contributed by atoms with Crippen LogP contribution in [0.5, 0.6) is 0 Å². The van der Waals surface area contributed by atoms with Gasteiger partial charge in [-0.1, -0.05) is 6.07 Å². The average Bonchev–Trinajstić information content (AvgIpc) is 2.41. The lowest BCUT2D eigenvalue weighted by atomic mass is 10.1. The van der Waals surface area contributed by atoms with Crippen LogP contribution in [-0.4, -0.2) is 41.7 Å². The Hall–Kier alpha value is -1.67. The Kier molecular flexibility index (Phi) is 8.19. The number of hydrogen-bond donors (Lipinski definition) is 1. The van der Waals surface area contributed by atoms with Crippen LogP contribution in [0.2, 0.25) is 0 Å². The second-order valence-electron chi connectivity index (χ2n) is 5.36. The zero-order valence-corrected chi connectivity index (χ0v) is 14.4. The van der Waals surface area contributed by atoms with Gasteiger partial charge in [0.15, 0.2) is 0 Å². The molecule has 1 aromatic carbocycles. The molecule has 23 heavy (non-hydrogen) atoms. The van der Waals surface area contributed by atoms with Gasteiger partial charge in [0.25, 0.3) is 5.69 Å². The second-order valence-corrected chi connectivity index (χ2v) is 5.36. The summed E-state index contributed by atoms with van der Waals surface area (Å²) in [4.78, 5) is 14.9. The molecule has 1 heterocycles. The minimum atomic E-state index is -0.410. The van der Waals surface area contributed by atoms with Gasteiger partial charge < -0.3 is 27.6 Å². The van der Waals surface area contributed by atoms with Crippen molar-refractivity contribution < 1.29 is 22.0 Å². The van der Waals surface area contributed by atoms with Crippen LogP contribution in [0.3, 0.4) is 0 Å². The summed E-state index contributed by atoms with van der Waals surface area (Å²) in [5, 5.41) is 26.3. The molecule has 0 aliphatic heterocycles. The van der Waals surface area contributed by atoms with Gasteiger partial charge in [0.05, 0.1) is 36.8 Å². The van der Waals surface area contributed by atoms with Crippen molar-refractivity contribution in [3.05, 3.63) is 45.8 Å². The van der Waals surface area contributed by atoms with Crippen LogP contribution in [0.4, 0.5) is 11.4 Å². The van der Waals surface area contributed by atoms with Crippen LogP contribution in [0, 0.1) is 15.3 Å². The lowest BCUT2D eigenvalue weighted by molar-refractivity contribution is -0.839. The zero-order valence-electron chi connectivity index (χ0n) is 12.9. The monoisotopic (exact) mass is 361 g/mol. The Morgan fingerprint density at radius 2 is 2.00 bits per heavy atom. The van der Waals surface area contributed by atoms with E-state index in [9.17, 15) is 15.3 Å². The van der Waals surface area contributed by atoms with E-state index < -0.39 is 4.92 Å². The van der Waals surface area contributed by atoms with Gasteiger partial charge in [-0.2, -0.15) is 0 Å². The predicted octanol–water partition coefficient (Wildman–Crippen LogP) is -0.0550. The lowest BCUT2D eigenvalue weighted by Crippen LogP contribution is -3.00. The highest BCUT2D eigenvalue weighted by atomic mass is 35.5. The summed E-state index contributed by atoms with van der Waals surface area (Å²) in [5.74, 6) is 0. The molecule has 0 saturated carbocycles. The fourth-order valence-electron chi connectivity index (χ4n) is 2.17. The number of nitro benzene ring substituents is 1. The number of anilines is 1. The Morgan fingerprint density at radius 1 is 1.30 bits per heavy atom. The van der Waals surface area contributed by atoms with E-state index >= 15 is 0 Å². The van der Waals surface area contributed by atoms with E-state index in [1.54, 1.807) is 38.5 Å². The first-order valence-corrected chi connectivity index (χ1v) is 6.68. The molecule has 0 amide bonds. The first kappa shape index (κ1) is 21.3. The molecule has 0 unspecified atom stereocenters. The van der Waals surface area contributed by atoms with Gasteiger partial charge in [-0.25, -0.2) is 0 Å². The highest BCUT2D eigenvalue weighted by molar-refractivity contribution is 5.98. The van der Waals surface area contributed by atoms with Gasteiger partial charge >= 0.3 is 0 Å². The van der Waals surface area contributed by atoms with Crippen molar-refractivity contribution >= 4 is 34.7 Å². The van der Waals surface area contributed by atoms with Crippen molar-refractivity contribution in [2.45, 2.75) is 6.42 Å². The number of fused-ring (bicyclic) bond motifs is 1. The Morgan fingerprint density at radius 3 is 2.61 bits per heavy atom. The third kappa shape index (κ3) is 5.80. The van der Waals surface area contributed by atoms with Crippen LogP contribution in [-0.2, 0) is 0 Å². The number of quaternary nitrogens is 1. The summed E-state index contributed by atoms with van der Waals surface area (Å²) >= 11 is 0. The largest absolute Gasteiger partial charge is 1.00 e. The Labute approximate surface area is 146 Å². The summed E-state index contributed by atoms with van der Waals surface area (Å²) < 4.78 is -0.348. The van der Waals surface area contributed by atoms with E-state index in [0.29, 0.717) is 36.1 Å². The van der Waals surface area contributed by atoms with Gasteiger partial charge in [0.1, 0.15) is 5.39 Å². The molecule has 7 nitrogen and oxygen atoms in total. The number of non-ortho nitro benzene ring substituents is 1. The first-order valence-electron chi connectivity index (χ1n) is 6.68. The van der Waals surface area contributed by atoms with Crippen molar-refractivity contribution in [2.75, 3.05) is 32.5 Å². The number of hydroxylamine groups is 3. The number of rotatable bonds is 6. The van der Waals surface area contributed by atoms with Crippen LogP contribution in [0.1, 0.15) is 6.42 Å². The molecule has 2 aromatic rings. The van der Waals surface area contributed by atoms with Crippen LogP contribution in [0.25, 0.3) is 10.9 Å². The highest BCUT2D eigenvalue weighted by Crippen LogP contribution is 2.30. The van der Waals surface area contributed by atoms with Crippen LogP contribution < -0.4 is 17.7 Å². The third-order valence-electron chi connectivity index (χ3n) is 3.13. The maximum atomic E-state index is 11.5. The standard InChI is InChI=1S/C14H18N4O3.2ClH/c1-18(2,21)10-4-8-15-12-7-9-16-11-5-3-6-13(14(11)12)17(19)20;;/h3,5-7,9H,4,8,10H2,1-2H3,(H,15,16);2*1H/p-1. The number of halogens is 2. The number of pyridine rings is 1. The average molecular weight is 362 g/mol. The molecule has 128 valence electrons. The predicted molar refractivity (Wildman–Crippen MR) is 89.1 cm³/mol. The smallest absolute Gasteiger partial charge is 0.280 e. The summed E-state index contributed by atoms with van der Waals surface area (Å²) in [5.41, 5.74) is 1.28. The molecule has 0 fully saturated rings. The van der Waals surface area contributed by atoms with E-state index in [1.807, 2.05) is 0 Å². The topological polar surface area (TPSA) is 91.1 Å². The molecule has 0 atom stereocenters. The quantitative estimate of drug-likeness (QED) is 0.337. The van der Waals surface area contributed by atoms with Crippen LogP contribution >= 0.6 is 12.4 Å². The van der Waals surface area contributed by atoms with E-state index in [1.165, 1.54) is 6.07 Å². The number of aromatic nitrogens is 1. The van der Waals surface area contributed by atoms with Crippen molar-refractivity contribution in [3.8, 4) is 0 Å². The van der Waals surface area contributed by atoms with Crippen molar-refractivity contribution in [2.24, 2.45) is 0 Å². The molecule has 0 saturated heterocycles. The second kappa shape index (κ2) is 8.83. The molecule has 9 heteroatoms. The molecule has 0 aliphatic rings. The fourth-order valence-corrected chi connectivity index (χ4v) is 2.17. The van der Waals surface area contributed by atoms with Gasteiger partial charge in [-0.3, -0.25) is 15.1 Å². The van der Waals surface area contributed by atoms with Crippen molar-refractivity contribution in [3.63, 3.8) is 0 Å². The number of nitrogens with one attached hydrogen (secondary N) is 1. The SMILES string of the molecule is C[N+](C)([O-])CCCNc1ccnc2cccc([N+](=O)[O-])c12.Cl.[Cl-]. The number of nitro groups is 1. The molecule has 0 radical (unpaired) electrons. The van der Waals surface area contributed by atoms with Gasteiger partial charge in [0.2, 0.25) is 0 Å². The molecule has 2 rings (SSSR count). The van der Waals surface area contributed by atoms with Gasteiger partial charge in [0, 0.05) is 25.2 Å². The molecule has 0 aliphatic carbocycles. The number of benzene rings is 1. The van der Waals surface area contributed by atoms with Gasteiger partial charge in [-0.05, 0) is 12.1 Å². The minimum Gasteiger partial charge on any atom is -1.00 e. The lowest BCUT2D eigenvalue weighted by Gasteiger charge is -2.33. The Bertz CT molecular complexity index is 657. The molecular formula is C14H19Cl2N4O3-. The van der Waals surface area contributed by atoms with E-state index in [4.69, 9.17) is 0 Å². The van der Waals surface area contributed by atoms with E-state index in [2.05, 4.69) is 10.3 Å². The molecule has 0 spiro atoms. The van der Waals surface area contributed by atoms with Gasteiger partial charge in [-0.15, -0.1) is 12.4 Å². The van der Waals surface area contributed by atoms with Crippen molar-refractivity contribution in [1.29, 1.82) is 0 Å². The van der Waals surface area contributed by atoms with Crippen molar-refractivity contribution in [1.82, 2.24) is 4.98 Å².